The molecule has 1 fully saturated rings. The van der Waals surface area contributed by atoms with Gasteiger partial charge in [-0.15, -0.1) is 0 Å². The first kappa shape index (κ1) is 16.8. The van der Waals surface area contributed by atoms with Gasteiger partial charge in [0.2, 0.25) is 5.91 Å². The van der Waals surface area contributed by atoms with E-state index in [0.717, 1.165) is 16.5 Å². The number of carbonyl (C=O) groups is 1. The second-order valence-corrected chi connectivity index (χ2v) is 6.13. The van der Waals surface area contributed by atoms with Crippen molar-refractivity contribution in [3.05, 3.63) is 36.0 Å². The van der Waals surface area contributed by atoms with E-state index in [1.54, 1.807) is 4.90 Å². The third-order valence-corrected chi connectivity index (χ3v) is 4.41. The van der Waals surface area contributed by atoms with E-state index in [1.807, 2.05) is 30.5 Å². The third kappa shape index (κ3) is 4.08. The van der Waals surface area contributed by atoms with Crippen molar-refractivity contribution in [2.24, 2.45) is 0 Å². The molecular formula is C17H20F3N3O. The standard InChI is InChI=1S/C17H20F3N3O/c18-17(19,20)12-22-7-9-23(10-8-22)16(24)6-5-13-11-21-15-4-2-1-3-14(13)15/h1-4,11,21H,5-10,12H2. The number of piperazine rings is 1. The van der Waals surface area contributed by atoms with Gasteiger partial charge in [-0.05, 0) is 18.1 Å². The lowest BCUT2D eigenvalue weighted by Crippen LogP contribution is -2.50. The predicted octanol–water partition coefficient (Wildman–Crippen LogP) is 2.81. The molecule has 2 heterocycles. The van der Waals surface area contributed by atoms with Crippen molar-refractivity contribution in [2.45, 2.75) is 19.0 Å². The van der Waals surface area contributed by atoms with Gasteiger partial charge in [0.05, 0.1) is 6.54 Å². The Kier molecular flexibility index (Phi) is 4.80. The number of carbonyl (C=O) groups excluding carboxylic acids is 1. The lowest BCUT2D eigenvalue weighted by atomic mass is 10.1. The van der Waals surface area contributed by atoms with Gasteiger partial charge in [0.15, 0.2) is 0 Å². The number of aromatic nitrogens is 1. The quantitative estimate of drug-likeness (QED) is 0.930. The van der Waals surface area contributed by atoms with Crippen LogP contribution in [0.5, 0.6) is 0 Å². The zero-order valence-electron chi connectivity index (χ0n) is 13.3. The Morgan fingerprint density at radius 3 is 2.54 bits per heavy atom. The van der Waals surface area contributed by atoms with Gasteiger partial charge < -0.3 is 9.88 Å². The van der Waals surface area contributed by atoms with Gasteiger partial charge in [-0.2, -0.15) is 13.2 Å². The van der Waals surface area contributed by atoms with E-state index in [4.69, 9.17) is 0 Å². The van der Waals surface area contributed by atoms with Crippen LogP contribution in [0.2, 0.25) is 0 Å². The van der Waals surface area contributed by atoms with Gasteiger partial charge in [-0.25, -0.2) is 0 Å². The summed E-state index contributed by atoms with van der Waals surface area (Å²) in [5, 5.41) is 1.11. The van der Waals surface area contributed by atoms with E-state index >= 15 is 0 Å². The molecule has 2 aromatic rings. The molecule has 130 valence electrons. The third-order valence-electron chi connectivity index (χ3n) is 4.41. The number of fused-ring (bicyclic) bond motifs is 1. The molecule has 1 aliphatic rings. The average Bonchev–Trinajstić information content (AvgIpc) is 2.95. The second-order valence-electron chi connectivity index (χ2n) is 6.13. The number of benzene rings is 1. The van der Waals surface area contributed by atoms with Crippen LogP contribution in [0, 0.1) is 0 Å². The van der Waals surface area contributed by atoms with E-state index in [9.17, 15) is 18.0 Å². The molecular weight excluding hydrogens is 319 g/mol. The molecule has 0 radical (unpaired) electrons. The molecule has 0 bridgehead atoms. The molecule has 1 amide bonds. The Balaban J connectivity index is 1.50. The fourth-order valence-corrected chi connectivity index (χ4v) is 3.15. The number of nitrogens with zero attached hydrogens (tertiary/aromatic N) is 2. The maximum atomic E-state index is 12.4. The van der Waals surface area contributed by atoms with Crippen LogP contribution in [-0.2, 0) is 11.2 Å². The first-order valence-electron chi connectivity index (χ1n) is 8.04. The topological polar surface area (TPSA) is 39.3 Å². The van der Waals surface area contributed by atoms with Crippen molar-refractivity contribution < 1.29 is 18.0 Å². The number of alkyl halides is 3. The first-order valence-corrected chi connectivity index (χ1v) is 8.04. The molecule has 0 saturated carbocycles. The molecule has 1 aromatic carbocycles. The summed E-state index contributed by atoms with van der Waals surface area (Å²) in [6.45, 7) is 0.382. The van der Waals surface area contributed by atoms with Crippen molar-refractivity contribution in [3.63, 3.8) is 0 Å². The van der Waals surface area contributed by atoms with E-state index in [0.29, 0.717) is 25.9 Å². The number of hydrogen-bond acceptors (Lipinski definition) is 2. The number of halogens is 3. The Hall–Kier alpha value is -2.02. The molecule has 1 aromatic heterocycles. The van der Waals surface area contributed by atoms with Crippen LogP contribution >= 0.6 is 0 Å². The highest BCUT2D eigenvalue weighted by Gasteiger charge is 2.32. The van der Waals surface area contributed by atoms with Crippen LogP contribution in [0.4, 0.5) is 13.2 Å². The Bertz CT molecular complexity index is 702. The van der Waals surface area contributed by atoms with Crippen molar-refractivity contribution >= 4 is 16.8 Å². The highest BCUT2D eigenvalue weighted by atomic mass is 19.4. The Morgan fingerprint density at radius 1 is 1.12 bits per heavy atom. The minimum absolute atomic E-state index is 0.00643. The molecule has 3 rings (SSSR count). The highest BCUT2D eigenvalue weighted by molar-refractivity contribution is 5.84. The van der Waals surface area contributed by atoms with Crippen LogP contribution in [-0.4, -0.2) is 59.6 Å². The van der Waals surface area contributed by atoms with Crippen LogP contribution < -0.4 is 0 Å². The van der Waals surface area contributed by atoms with Gasteiger partial charge in [0.25, 0.3) is 0 Å². The molecule has 0 spiro atoms. The molecule has 0 unspecified atom stereocenters. The number of rotatable bonds is 4. The van der Waals surface area contributed by atoms with Gasteiger partial charge in [0, 0.05) is 49.7 Å². The van der Waals surface area contributed by atoms with Crippen LogP contribution in [0.3, 0.4) is 0 Å². The second kappa shape index (κ2) is 6.84. The summed E-state index contributed by atoms with van der Waals surface area (Å²) in [6.07, 6.45) is -1.26. The fraction of sp³-hybridized carbons (Fsp3) is 0.471. The minimum atomic E-state index is -4.18. The molecule has 1 aliphatic heterocycles. The minimum Gasteiger partial charge on any atom is -0.361 e. The molecule has 24 heavy (non-hydrogen) atoms. The van der Waals surface area contributed by atoms with Crippen molar-refractivity contribution in [3.8, 4) is 0 Å². The summed E-state index contributed by atoms with van der Waals surface area (Å²) in [5.41, 5.74) is 2.13. The fourth-order valence-electron chi connectivity index (χ4n) is 3.15. The van der Waals surface area contributed by atoms with Crippen LogP contribution in [0.15, 0.2) is 30.5 Å². The lowest BCUT2D eigenvalue weighted by molar-refractivity contribution is -0.151. The summed E-state index contributed by atoms with van der Waals surface area (Å²) in [6, 6.07) is 7.91. The monoisotopic (exact) mass is 339 g/mol. The van der Waals surface area contributed by atoms with E-state index < -0.39 is 12.7 Å². The number of hydrogen-bond donors (Lipinski definition) is 1. The summed E-state index contributed by atoms with van der Waals surface area (Å²) in [5.74, 6) is 0.00643. The largest absolute Gasteiger partial charge is 0.401 e. The number of amides is 1. The molecule has 7 heteroatoms. The molecule has 1 N–H and O–H groups in total. The Labute approximate surface area is 138 Å². The Morgan fingerprint density at radius 2 is 1.83 bits per heavy atom. The average molecular weight is 339 g/mol. The normalized spacial score (nSPS) is 16.7. The van der Waals surface area contributed by atoms with Crippen LogP contribution in [0.25, 0.3) is 10.9 Å². The predicted molar refractivity (Wildman–Crippen MR) is 85.7 cm³/mol. The zero-order chi connectivity index (χ0) is 17.2. The number of H-pyrrole nitrogens is 1. The van der Waals surface area contributed by atoms with Gasteiger partial charge in [0.1, 0.15) is 0 Å². The molecule has 4 nitrogen and oxygen atoms in total. The highest BCUT2D eigenvalue weighted by Crippen LogP contribution is 2.20. The zero-order valence-corrected chi connectivity index (χ0v) is 13.3. The maximum Gasteiger partial charge on any atom is 0.401 e. The van der Waals surface area contributed by atoms with Gasteiger partial charge in [-0.1, -0.05) is 18.2 Å². The van der Waals surface area contributed by atoms with Crippen molar-refractivity contribution in [1.82, 2.24) is 14.8 Å². The van der Waals surface area contributed by atoms with E-state index in [1.165, 1.54) is 4.90 Å². The molecule has 1 saturated heterocycles. The number of aryl methyl sites for hydroxylation is 1. The molecule has 0 aliphatic carbocycles. The molecule has 0 atom stereocenters. The van der Waals surface area contributed by atoms with E-state index in [2.05, 4.69) is 4.98 Å². The summed E-state index contributed by atoms with van der Waals surface area (Å²) < 4.78 is 37.1. The summed E-state index contributed by atoms with van der Waals surface area (Å²) >= 11 is 0. The summed E-state index contributed by atoms with van der Waals surface area (Å²) in [7, 11) is 0. The lowest BCUT2D eigenvalue weighted by Gasteiger charge is -2.35. The number of aromatic amines is 1. The number of nitrogens with one attached hydrogen (secondary N) is 1. The van der Waals surface area contributed by atoms with Crippen molar-refractivity contribution in [2.75, 3.05) is 32.7 Å². The van der Waals surface area contributed by atoms with Gasteiger partial charge in [-0.3, -0.25) is 9.69 Å². The number of para-hydroxylation sites is 1. The first-order chi connectivity index (χ1) is 11.4. The van der Waals surface area contributed by atoms with Gasteiger partial charge >= 0.3 is 6.18 Å². The SMILES string of the molecule is O=C(CCc1c[nH]c2ccccc12)N1CCN(CC(F)(F)F)CC1. The smallest absolute Gasteiger partial charge is 0.361 e. The maximum absolute atomic E-state index is 12.4. The van der Waals surface area contributed by atoms with Crippen molar-refractivity contribution in [1.29, 1.82) is 0 Å². The van der Waals surface area contributed by atoms with Crippen LogP contribution in [0.1, 0.15) is 12.0 Å². The summed E-state index contributed by atoms with van der Waals surface area (Å²) in [4.78, 5) is 18.5. The van der Waals surface area contributed by atoms with E-state index in [-0.39, 0.29) is 19.0 Å².